The average molecular weight is 132 g/mol. The summed E-state index contributed by atoms with van der Waals surface area (Å²) in [6, 6.07) is 0. The number of hydrogen-bond donors (Lipinski definition) is 2. The summed E-state index contributed by atoms with van der Waals surface area (Å²) in [4.78, 5) is 0. The maximum atomic E-state index is 8.07. The van der Waals surface area contributed by atoms with E-state index in [2.05, 4.69) is 13.5 Å². The van der Waals surface area contributed by atoms with E-state index >= 15 is 0 Å². The first-order valence-electron chi connectivity index (χ1n) is 3.16. The minimum absolute atomic E-state index is 0.0833. The quantitative estimate of drug-likeness (QED) is 0.561. The van der Waals surface area contributed by atoms with Crippen molar-refractivity contribution in [3.8, 4) is 0 Å². The third kappa shape index (κ3) is 34.7. The molecule has 0 aromatic rings. The second-order valence-electron chi connectivity index (χ2n) is 1.55. The van der Waals surface area contributed by atoms with Crippen LogP contribution in [0.1, 0.15) is 19.8 Å². The zero-order chi connectivity index (χ0) is 7.54. The smallest absolute Gasteiger partial charge is 0.0609 e. The maximum Gasteiger partial charge on any atom is 0.0609 e. The number of aliphatic hydroxyl groups excluding tert-OH is 2. The van der Waals surface area contributed by atoms with Crippen LogP contribution in [0.15, 0.2) is 12.7 Å². The van der Waals surface area contributed by atoms with Crippen molar-refractivity contribution in [2.75, 3.05) is 13.2 Å². The molecule has 0 atom stereocenters. The second kappa shape index (κ2) is 15.6. The first-order chi connectivity index (χ1) is 4.33. The Labute approximate surface area is 56.8 Å². The molecule has 9 heavy (non-hydrogen) atoms. The normalized spacial score (nSPS) is 7.44. The van der Waals surface area contributed by atoms with Crippen molar-refractivity contribution in [3.63, 3.8) is 0 Å². The van der Waals surface area contributed by atoms with Gasteiger partial charge in [-0.25, -0.2) is 0 Å². The van der Waals surface area contributed by atoms with Gasteiger partial charge < -0.3 is 10.2 Å². The van der Waals surface area contributed by atoms with Gasteiger partial charge in [0.1, 0.15) is 0 Å². The van der Waals surface area contributed by atoms with Gasteiger partial charge in [0.05, 0.1) is 6.61 Å². The van der Waals surface area contributed by atoms with Gasteiger partial charge in [-0.3, -0.25) is 0 Å². The summed E-state index contributed by atoms with van der Waals surface area (Å²) >= 11 is 0. The monoisotopic (exact) mass is 132 g/mol. The van der Waals surface area contributed by atoms with Crippen LogP contribution in [0.25, 0.3) is 0 Å². The fraction of sp³-hybridized carbons (Fsp3) is 0.714. The second-order valence-corrected chi connectivity index (χ2v) is 1.55. The zero-order valence-electron chi connectivity index (χ0n) is 6.01. The van der Waals surface area contributed by atoms with E-state index in [0.717, 1.165) is 12.8 Å². The maximum absolute atomic E-state index is 8.07. The molecule has 0 saturated heterocycles. The molecule has 0 bridgehead atoms. The van der Waals surface area contributed by atoms with Crippen LogP contribution in [0.4, 0.5) is 0 Å². The summed E-state index contributed by atoms with van der Waals surface area (Å²) < 4.78 is 0. The Bertz CT molecular complexity index is 42.2. The Kier molecular flexibility index (Phi) is 19.9. The van der Waals surface area contributed by atoms with Crippen molar-refractivity contribution in [1.29, 1.82) is 0 Å². The molecule has 0 heterocycles. The van der Waals surface area contributed by atoms with E-state index in [1.54, 1.807) is 0 Å². The van der Waals surface area contributed by atoms with Crippen LogP contribution in [0.2, 0.25) is 0 Å². The SMILES string of the molecule is C=CCO.CCCCO. The molecule has 0 saturated carbocycles. The summed E-state index contributed by atoms with van der Waals surface area (Å²) in [5, 5.41) is 15.8. The van der Waals surface area contributed by atoms with E-state index < -0.39 is 0 Å². The molecular weight excluding hydrogens is 116 g/mol. The molecule has 0 radical (unpaired) electrons. The van der Waals surface area contributed by atoms with Crippen molar-refractivity contribution < 1.29 is 10.2 Å². The standard InChI is InChI=1S/C4H10O.C3H6O/c1-2-3-4-5;1-2-3-4/h5H,2-4H2,1H3;2,4H,1,3H2. The van der Waals surface area contributed by atoms with Crippen molar-refractivity contribution >= 4 is 0 Å². The lowest BCUT2D eigenvalue weighted by molar-refractivity contribution is 0.287. The molecule has 0 aromatic heterocycles. The molecule has 0 aliphatic heterocycles. The molecule has 0 fully saturated rings. The van der Waals surface area contributed by atoms with Crippen LogP contribution in [0.5, 0.6) is 0 Å². The van der Waals surface area contributed by atoms with E-state index in [0.29, 0.717) is 6.61 Å². The number of rotatable bonds is 3. The van der Waals surface area contributed by atoms with Crippen LogP contribution in [-0.2, 0) is 0 Å². The van der Waals surface area contributed by atoms with Gasteiger partial charge >= 0.3 is 0 Å². The van der Waals surface area contributed by atoms with Crippen LogP contribution in [-0.4, -0.2) is 23.4 Å². The van der Waals surface area contributed by atoms with Gasteiger partial charge in [-0.1, -0.05) is 19.4 Å². The highest BCUT2D eigenvalue weighted by molar-refractivity contribution is 4.60. The average Bonchev–Trinajstić information content (AvgIpc) is 1.91. The third-order valence-corrected chi connectivity index (χ3v) is 0.641. The Morgan fingerprint density at radius 3 is 1.89 bits per heavy atom. The molecular formula is C7H16O2. The van der Waals surface area contributed by atoms with Crippen LogP contribution < -0.4 is 0 Å². The molecule has 0 aliphatic rings. The van der Waals surface area contributed by atoms with Crippen LogP contribution in [0.3, 0.4) is 0 Å². The van der Waals surface area contributed by atoms with Crippen molar-refractivity contribution in [2.24, 2.45) is 0 Å². The first-order valence-corrected chi connectivity index (χ1v) is 3.16. The minimum Gasteiger partial charge on any atom is -0.396 e. The van der Waals surface area contributed by atoms with Gasteiger partial charge in [-0.05, 0) is 6.42 Å². The summed E-state index contributed by atoms with van der Waals surface area (Å²) in [5.74, 6) is 0. The molecule has 2 nitrogen and oxygen atoms in total. The van der Waals surface area contributed by atoms with E-state index in [4.69, 9.17) is 10.2 Å². The highest BCUT2D eigenvalue weighted by Gasteiger charge is 1.69. The lowest BCUT2D eigenvalue weighted by atomic mass is 10.4. The molecule has 56 valence electrons. The summed E-state index contributed by atoms with van der Waals surface area (Å²) in [5.41, 5.74) is 0. The molecule has 0 aliphatic carbocycles. The Morgan fingerprint density at radius 2 is 1.89 bits per heavy atom. The molecule has 0 aromatic carbocycles. The predicted octanol–water partition coefficient (Wildman–Crippen LogP) is 0.944. The first kappa shape index (κ1) is 11.5. The molecule has 2 N–H and O–H groups in total. The number of hydrogen-bond acceptors (Lipinski definition) is 2. The van der Waals surface area contributed by atoms with Gasteiger partial charge in [0.2, 0.25) is 0 Å². The van der Waals surface area contributed by atoms with Gasteiger partial charge in [-0.15, -0.1) is 6.58 Å². The lowest BCUT2D eigenvalue weighted by Gasteiger charge is -1.79. The molecule has 2 heteroatoms. The highest BCUT2D eigenvalue weighted by atomic mass is 16.3. The highest BCUT2D eigenvalue weighted by Crippen LogP contribution is 1.78. The van der Waals surface area contributed by atoms with Crippen molar-refractivity contribution in [2.45, 2.75) is 19.8 Å². The van der Waals surface area contributed by atoms with Crippen molar-refractivity contribution in [1.82, 2.24) is 0 Å². The van der Waals surface area contributed by atoms with E-state index in [1.165, 1.54) is 6.08 Å². The van der Waals surface area contributed by atoms with Gasteiger partial charge in [-0.2, -0.15) is 0 Å². The summed E-state index contributed by atoms with van der Waals surface area (Å²) in [6.45, 7) is 5.71. The number of aliphatic hydroxyl groups is 2. The number of unbranched alkanes of at least 4 members (excludes halogenated alkanes) is 1. The molecule has 0 unspecified atom stereocenters. The predicted molar refractivity (Wildman–Crippen MR) is 39.3 cm³/mol. The fourth-order valence-electron chi connectivity index (χ4n) is 0.158. The fourth-order valence-corrected chi connectivity index (χ4v) is 0.158. The van der Waals surface area contributed by atoms with E-state index in [1.807, 2.05) is 0 Å². The largest absolute Gasteiger partial charge is 0.396 e. The Balaban J connectivity index is 0. The van der Waals surface area contributed by atoms with E-state index in [9.17, 15) is 0 Å². The van der Waals surface area contributed by atoms with E-state index in [-0.39, 0.29) is 6.61 Å². The molecule has 0 rings (SSSR count). The zero-order valence-corrected chi connectivity index (χ0v) is 6.01. The minimum atomic E-state index is 0.0833. The summed E-state index contributed by atoms with van der Waals surface area (Å²) in [7, 11) is 0. The van der Waals surface area contributed by atoms with Crippen LogP contribution >= 0.6 is 0 Å². The molecule has 0 spiro atoms. The van der Waals surface area contributed by atoms with Gasteiger partial charge in [0.15, 0.2) is 0 Å². The van der Waals surface area contributed by atoms with Crippen LogP contribution in [0, 0.1) is 0 Å². The topological polar surface area (TPSA) is 40.5 Å². The van der Waals surface area contributed by atoms with Crippen molar-refractivity contribution in [3.05, 3.63) is 12.7 Å². The third-order valence-electron chi connectivity index (χ3n) is 0.641. The summed E-state index contributed by atoms with van der Waals surface area (Å²) in [6.07, 6.45) is 3.47. The van der Waals surface area contributed by atoms with Gasteiger partial charge in [0, 0.05) is 6.61 Å². The lowest BCUT2D eigenvalue weighted by Crippen LogP contribution is -1.75. The van der Waals surface area contributed by atoms with Gasteiger partial charge in [0.25, 0.3) is 0 Å². The Morgan fingerprint density at radius 1 is 1.44 bits per heavy atom. The molecule has 0 amide bonds. The Hall–Kier alpha value is -0.340.